The topological polar surface area (TPSA) is 46.3 Å². The summed E-state index contributed by atoms with van der Waals surface area (Å²) in [5.74, 6) is 1.40. The van der Waals surface area contributed by atoms with Crippen LogP contribution >= 0.6 is 0 Å². The Morgan fingerprint density at radius 2 is 2.00 bits per heavy atom. The van der Waals surface area contributed by atoms with Crippen LogP contribution in [0.15, 0.2) is 0 Å². The van der Waals surface area contributed by atoms with E-state index in [0.717, 1.165) is 25.8 Å². The molecular formula is C14H28N2O. The Balaban J connectivity index is 2.66. The molecule has 0 aromatic rings. The lowest BCUT2D eigenvalue weighted by Gasteiger charge is -2.31. The third-order valence-corrected chi connectivity index (χ3v) is 3.74. The highest BCUT2D eigenvalue weighted by molar-refractivity contribution is 5.79. The normalized spacial score (nSPS) is 22.5. The molecular weight excluding hydrogens is 212 g/mol. The van der Waals surface area contributed by atoms with Crippen LogP contribution in [0.5, 0.6) is 0 Å². The second kappa shape index (κ2) is 6.39. The minimum atomic E-state index is 0.0225. The van der Waals surface area contributed by atoms with Crippen molar-refractivity contribution >= 4 is 5.91 Å². The molecule has 0 saturated carbocycles. The van der Waals surface area contributed by atoms with Crippen LogP contribution in [0.1, 0.15) is 47.0 Å². The first-order chi connectivity index (χ1) is 7.97. The van der Waals surface area contributed by atoms with Crippen molar-refractivity contribution in [1.29, 1.82) is 0 Å². The Hall–Kier alpha value is -0.570. The van der Waals surface area contributed by atoms with Gasteiger partial charge in [-0.3, -0.25) is 4.79 Å². The Kier molecular flexibility index (Phi) is 5.44. The van der Waals surface area contributed by atoms with Gasteiger partial charge in [0.1, 0.15) is 0 Å². The zero-order valence-corrected chi connectivity index (χ0v) is 11.8. The van der Waals surface area contributed by atoms with Gasteiger partial charge >= 0.3 is 0 Å². The monoisotopic (exact) mass is 240 g/mol. The largest absolute Gasteiger partial charge is 0.339 e. The van der Waals surface area contributed by atoms with Crippen molar-refractivity contribution in [2.75, 3.05) is 13.1 Å². The zero-order chi connectivity index (χ0) is 13.0. The molecule has 1 aliphatic heterocycles. The molecule has 0 aliphatic carbocycles. The molecule has 0 radical (unpaired) electrons. The van der Waals surface area contributed by atoms with Crippen molar-refractivity contribution < 1.29 is 4.79 Å². The average Bonchev–Trinajstić information content (AvgIpc) is 2.73. The lowest BCUT2D eigenvalue weighted by Crippen LogP contribution is -2.44. The molecule has 1 amide bonds. The van der Waals surface area contributed by atoms with Crippen molar-refractivity contribution in [2.45, 2.75) is 53.0 Å². The van der Waals surface area contributed by atoms with E-state index in [-0.39, 0.29) is 11.8 Å². The van der Waals surface area contributed by atoms with Crippen LogP contribution in [0.4, 0.5) is 0 Å². The number of nitrogens with two attached hydrogens (primary N) is 1. The van der Waals surface area contributed by atoms with Crippen molar-refractivity contribution in [3.05, 3.63) is 0 Å². The number of nitrogens with zero attached hydrogens (tertiary/aromatic N) is 1. The van der Waals surface area contributed by atoms with Crippen LogP contribution in [0.3, 0.4) is 0 Å². The molecule has 1 heterocycles. The number of carbonyl (C=O) groups excluding carboxylic acids is 1. The smallest absolute Gasteiger partial charge is 0.227 e. The molecule has 2 unspecified atom stereocenters. The van der Waals surface area contributed by atoms with Gasteiger partial charge in [0, 0.05) is 19.1 Å². The van der Waals surface area contributed by atoms with Gasteiger partial charge in [0.2, 0.25) is 5.91 Å². The van der Waals surface area contributed by atoms with Crippen LogP contribution in [-0.4, -0.2) is 29.9 Å². The lowest BCUT2D eigenvalue weighted by atomic mass is 9.94. The van der Waals surface area contributed by atoms with Gasteiger partial charge in [-0.1, -0.05) is 27.7 Å². The second-order valence-corrected chi connectivity index (χ2v) is 6.05. The van der Waals surface area contributed by atoms with Gasteiger partial charge in [0.05, 0.1) is 5.92 Å². The molecule has 1 rings (SSSR count). The molecule has 17 heavy (non-hydrogen) atoms. The second-order valence-electron chi connectivity index (χ2n) is 6.05. The fourth-order valence-corrected chi connectivity index (χ4v) is 2.86. The van der Waals surface area contributed by atoms with Crippen LogP contribution in [0, 0.1) is 17.8 Å². The summed E-state index contributed by atoms with van der Waals surface area (Å²) < 4.78 is 0. The molecule has 1 fully saturated rings. The van der Waals surface area contributed by atoms with Crippen LogP contribution in [-0.2, 0) is 4.79 Å². The number of hydrogen-bond acceptors (Lipinski definition) is 2. The minimum absolute atomic E-state index is 0.0225. The van der Waals surface area contributed by atoms with Crippen LogP contribution < -0.4 is 5.73 Å². The number of hydrogen-bond donors (Lipinski definition) is 1. The summed E-state index contributed by atoms with van der Waals surface area (Å²) in [7, 11) is 0. The van der Waals surface area contributed by atoms with Crippen molar-refractivity contribution in [2.24, 2.45) is 23.5 Å². The van der Waals surface area contributed by atoms with E-state index in [4.69, 9.17) is 5.73 Å². The third kappa shape index (κ3) is 3.70. The Labute approximate surface area is 106 Å². The predicted octanol–water partition coefficient (Wildman–Crippen LogP) is 2.25. The van der Waals surface area contributed by atoms with Gasteiger partial charge < -0.3 is 10.6 Å². The highest BCUT2D eigenvalue weighted by atomic mass is 16.2. The molecule has 3 heteroatoms. The standard InChI is InChI=1S/C14H28N2O/c1-10(2)8-12(9-15)14(17)16-7-5-6-13(16)11(3)4/h10-13H,5-9,15H2,1-4H3. The van der Waals surface area contributed by atoms with E-state index in [2.05, 4.69) is 32.6 Å². The molecule has 2 N–H and O–H groups in total. The first kappa shape index (κ1) is 14.5. The van der Waals surface area contributed by atoms with Crippen LogP contribution in [0.2, 0.25) is 0 Å². The fourth-order valence-electron chi connectivity index (χ4n) is 2.86. The molecule has 1 aliphatic rings. The quantitative estimate of drug-likeness (QED) is 0.801. The molecule has 2 atom stereocenters. The van der Waals surface area contributed by atoms with Gasteiger partial charge in [0.15, 0.2) is 0 Å². The van der Waals surface area contributed by atoms with Gasteiger partial charge in [-0.25, -0.2) is 0 Å². The van der Waals surface area contributed by atoms with Crippen molar-refractivity contribution in [3.8, 4) is 0 Å². The first-order valence-corrected chi connectivity index (χ1v) is 6.97. The van der Waals surface area contributed by atoms with E-state index < -0.39 is 0 Å². The lowest BCUT2D eigenvalue weighted by molar-refractivity contribution is -0.137. The van der Waals surface area contributed by atoms with E-state index in [0.29, 0.717) is 24.4 Å². The maximum absolute atomic E-state index is 12.5. The maximum atomic E-state index is 12.5. The molecule has 0 bridgehead atoms. The summed E-state index contributed by atoms with van der Waals surface area (Å²) in [6.07, 6.45) is 3.21. The van der Waals surface area contributed by atoms with Gasteiger partial charge in [-0.2, -0.15) is 0 Å². The summed E-state index contributed by atoms with van der Waals surface area (Å²) in [5, 5.41) is 0. The van der Waals surface area contributed by atoms with Crippen molar-refractivity contribution in [1.82, 2.24) is 4.90 Å². The molecule has 1 saturated heterocycles. The van der Waals surface area contributed by atoms with E-state index >= 15 is 0 Å². The molecule has 0 spiro atoms. The summed E-state index contributed by atoms with van der Waals surface area (Å²) in [6, 6.07) is 0.434. The number of carbonyl (C=O) groups is 1. The van der Waals surface area contributed by atoms with Gasteiger partial charge in [-0.15, -0.1) is 0 Å². The van der Waals surface area contributed by atoms with Crippen LogP contribution in [0.25, 0.3) is 0 Å². The predicted molar refractivity (Wildman–Crippen MR) is 71.6 cm³/mol. The number of amides is 1. The maximum Gasteiger partial charge on any atom is 0.227 e. The SMILES string of the molecule is CC(C)CC(CN)C(=O)N1CCCC1C(C)C. The summed E-state index contributed by atoms with van der Waals surface area (Å²) in [5.41, 5.74) is 5.76. The number of rotatable bonds is 5. The van der Waals surface area contributed by atoms with E-state index in [1.54, 1.807) is 0 Å². The molecule has 0 aromatic carbocycles. The highest BCUT2D eigenvalue weighted by Crippen LogP contribution is 2.26. The minimum Gasteiger partial charge on any atom is -0.339 e. The van der Waals surface area contributed by atoms with Gasteiger partial charge in [-0.05, 0) is 31.1 Å². The Morgan fingerprint density at radius 1 is 1.35 bits per heavy atom. The van der Waals surface area contributed by atoms with Crippen molar-refractivity contribution in [3.63, 3.8) is 0 Å². The fraction of sp³-hybridized carbons (Fsp3) is 0.929. The zero-order valence-electron chi connectivity index (χ0n) is 11.8. The van der Waals surface area contributed by atoms with E-state index in [9.17, 15) is 4.79 Å². The number of likely N-dealkylation sites (tertiary alicyclic amines) is 1. The highest BCUT2D eigenvalue weighted by Gasteiger charge is 2.34. The Morgan fingerprint density at radius 3 is 2.47 bits per heavy atom. The third-order valence-electron chi connectivity index (χ3n) is 3.74. The molecule has 0 aromatic heterocycles. The summed E-state index contributed by atoms with van der Waals surface area (Å²) >= 11 is 0. The summed E-state index contributed by atoms with van der Waals surface area (Å²) in [6.45, 7) is 10.1. The van der Waals surface area contributed by atoms with Gasteiger partial charge in [0.25, 0.3) is 0 Å². The molecule has 100 valence electrons. The van der Waals surface area contributed by atoms with E-state index in [1.807, 2.05) is 0 Å². The summed E-state index contributed by atoms with van der Waals surface area (Å²) in [4.78, 5) is 14.6. The Bertz CT molecular complexity index is 251. The average molecular weight is 240 g/mol. The molecule has 3 nitrogen and oxygen atoms in total. The first-order valence-electron chi connectivity index (χ1n) is 6.97. The van der Waals surface area contributed by atoms with E-state index in [1.165, 1.54) is 0 Å².